The van der Waals surface area contributed by atoms with Crippen molar-refractivity contribution in [3.05, 3.63) is 33.6 Å². The van der Waals surface area contributed by atoms with Crippen LogP contribution in [0.2, 0.25) is 10.0 Å². The first-order valence-electron chi connectivity index (χ1n) is 6.43. The van der Waals surface area contributed by atoms with Gasteiger partial charge in [-0.3, -0.25) is 4.99 Å². The highest BCUT2D eigenvalue weighted by molar-refractivity contribution is 7.14. The van der Waals surface area contributed by atoms with Crippen molar-refractivity contribution in [2.75, 3.05) is 11.9 Å². The summed E-state index contributed by atoms with van der Waals surface area (Å²) in [5.74, 6) is 1.03. The number of hydrogen-bond donors (Lipinski definition) is 1. The predicted molar refractivity (Wildman–Crippen MR) is 87.3 cm³/mol. The molecule has 104 valence electrons. The highest BCUT2D eigenvalue weighted by Crippen LogP contribution is 2.29. The van der Waals surface area contributed by atoms with E-state index in [0.29, 0.717) is 10.0 Å². The molecule has 20 heavy (non-hydrogen) atoms. The summed E-state index contributed by atoms with van der Waals surface area (Å²) in [7, 11) is 0. The highest BCUT2D eigenvalue weighted by Gasteiger charge is 2.10. The Morgan fingerprint density at radius 3 is 2.60 bits per heavy atom. The summed E-state index contributed by atoms with van der Waals surface area (Å²) in [6.45, 7) is 0.907. The minimum absolute atomic E-state index is 0.617. The van der Waals surface area contributed by atoms with Crippen LogP contribution >= 0.6 is 34.5 Å². The lowest BCUT2D eigenvalue weighted by atomic mass is 10.2. The maximum Gasteiger partial charge on any atom is 0.188 e. The van der Waals surface area contributed by atoms with Crippen molar-refractivity contribution >= 4 is 45.5 Å². The van der Waals surface area contributed by atoms with E-state index in [4.69, 9.17) is 23.2 Å². The van der Waals surface area contributed by atoms with E-state index >= 15 is 0 Å². The normalized spacial score (nSPS) is 15.0. The summed E-state index contributed by atoms with van der Waals surface area (Å²) in [5.41, 5.74) is 1.80. The van der Waals surface area contributed by atoms with Crippen molar-refractivity contribution in [3.63, 3.8) is 0 Å². The van der Waals surface area contributed by atoms with Crippen molar-refractivity contribution in [2.45, 2.75) is 19.3 Å². The molecule has 0 spiro atoms. The van der Waals surface area contributed by atoms with Gasteiger partial charge in [0.2, 0.25) is 0 Å². The quantitative estimate of drug-likeness (QED) is 0.832. The van der Waals surface area contributed by atoms with Crippen molar-refractivity contribution < 1.29 is 0 Å². The van der Waals surface area contributed by atoms with Gasteiger partial charge in [-0.2, -0.15) is 0 Å². The molecular formula is C14H13Cl2N3S. The molecule has 0 fully saturated rings. The lowest BCUT2D eigenvalue weighted by Gasteiger charge is -2.11. The molecule has 2 heterocycles. The van der Waals surface area contributed by atoms with Gasteiger partial charge in [-0.1, -0.05) is 23.2 Å². The first kappa shape index (κ1) is 13.9. The van der Waals surface area contributed by atoms with Gasteiger partial charge in [0.1, 0.15) is 5.84 Å². The lowest BCUT2D eigenvalue weighted by Crippen LogP contribution is -2.15. The number of nitrogens with zero attached hydrogens (tertiary/aromatic N) is 2. The van der Waals surface area contributed by atoms with E-state index in [2.05, 4.69) is 15.3 Å². The molecule has 0 unspecified atom stereocenters. The maximum absolute atomic E-state index is 6.02. The molecule has 0 saturated carbocycles. The largest absolute Gasteiger partial charge is 0.320 e. The fourth-order valence-corrected chi connectivity index (χ4v) is 3.35. The molecule has 0 saturated heterocycles. The Bertz CT molecular complexity index is 631. The van der Waals surface area contributed by atoms with Crippen LogP contribution in [0.3, 0.4) is 0 Å². The number of halogens is 2. The van der Waals surface area contributed by atoms with Gasteiger partial charge in [0.05, 0.1) is 5.69 Å². The number of aromatic nitrogens is 1. The van der Waals surface area contributed by atoms with Gasteiger partial charge in [0.15, 0.2) is 5.13 Å². The molecule has 0 atom stereocenters. The minimum atomic E-state index is 0.617. The number of hydrogen-bond acceptors (Lipinski definition) is 4. The third-order valence-corrected chi connectivity index (χ3v) is 4.23. The van der Waals surface area contributed by atoms with E-state index in [0.717, 1.165) is 35.2 Å². The van der Waals surface area contributed by atoms with Crippen LogP contribution in [-0.4, -0.2) is 17.4 Å². The Balaban J connectivity index is 1.80. The first-order valence-corrected chi connectivity index (χ1v) is 8.06. The summed E-state index contributed by atoms with van der Waals surface area (Å²) < 4.78 is 0. The van der Waals surface area contributed by atoms with Crippen LogP contribution in [0, 0.1) is 0 Å². The average Bonchev–Trinajstić information content (AvgIpc) is 2.87. The van der Waals surface area contributed by atoms with Crippen LogP contribution in [0.25, 0.3) is 11.3 Å². The van der Waals surface area contributed by atoms with Crippen LogP contribution in [-0.2, 0) is 0 Å². The topological polar surface area (TPSA) is 37.3 Å². The molecular weight excluding hydrogens is 313 g/mol. The number of thiazole rings is 1. The molecule has 1 aliphatic heterocycles. The molecule has 1 aliphatic rings. The van der Waals surface area contributed by atoms with Crippen LogP contribution in [0.5, 0.6) is 0 Å². The van der Waals surface area contributed by atoms with Gasteiger partial charge >= 0.3 is 0 Å². The van der Waals surface area contributed by atoms with Crippen LogP contribution < -0.4 is 5.32 Å². The van der Waals surface area contributed by atoms with Gasteiger partial charge in [0.25, 0.3) is 0 Å². The number of anilines is 1. The zero-order valence-electron chi connectivity index (χ0n) is 10.7. The van der Waals surface area contributed by atoms with E-state index in [1.807, 2.05) is 17.5 Å². The molecule has 0 aliphatic carbocycles. The summed E-state index contributed by atoms with van der Waals surface area (Å²) >= 11 is 13.6. The molecule has 1 N–H and O–H groups in total. The fraction of sp³-hybridized carbons (Fsp3) is 0.286. The van der Waals surface area contributed by atoms with Crippen molar-refractivity contribution in [3.8, 4) is 11.3 Å². The minimum Gasteiger partial charge on any atom is -0.320 e. The molecule has 6 heteroatoms. The second-order valence-electron chi connectivity index (χ2n) is 4.61. The lowest BCUT2D eigenvalue weighted by molar-refractivity contribution is 0.737. The van der Waals surface area contributed by atoms with Crippen molar-refractivity contribution in [1.82, 2.24) is 4.98 Å². The predicted octanol–water partition coefficient (Wildman–Crippen LogP) is 5.11. The van der Waals surface area contributed by atoms with Crippen LogP contribution in [0.1, 0.15) is 19.3 Å². The smallest absolute Gasteiger partial charge is 0.188 e. The third kappa shape index (κ3) is 3.32. The van der Waals surface area contributed by atoms with Crippen molar-refractivity contribution in [1.29, 1.82) is 0 Å². The average molecular weight is 326 g/mol. The second kappa shape index (κ2) is 6.12. The summed E-state index contributed by atoms with van der Waals surface area (Å²) in [6, 6.07) is 5.45. The molecule has 3 nitrogen and oxygen atoms in total. The van der Waals surface area contributed by atoms with Gasteiger partial charge in [-0.25, -0.2) is 4.98 Å². The summed E-state index contributed by atoms with van der Waals surface area (Å²) in [6.07, 6.45) is 3.36. The zero-order chi connectivity index (χ0) is 13.9. The van der Waals surface area contributed by atoms with E-state index in [9.17, 15) is 0 Å². The Hall–Kier alpha value is -1.10. The summed E-state index contributed by atoms with van der Waals surface area (Å²) in [5, 5.41) is 7.38. The Morgan fingerprint density at radius 1 is 1.10 bits per heavy atom. The first-order chi connectivity index (χ1) is 9.70. The molecule has 0 amide bonds. The molecule has 0 radical (unpaired) electrons. The van der Waals surface area contributed by atoms with Gasteiger partial charge in [-0.15, -0.1) is 11.3 Å². The Labute approximate surface area is 131 Å². The summed E-state index contributed by atoms with van der Waals surface area (Å²) in [4.78, 5) is 9.03. The SMILES string of the molecule is Clc1cc(Cl)cc(-c2csc(NC3=NCCCC3)n2)c1. The third-order valence-electron chi connectivity index (χ3n) is 3.04. The molecule has 3 rings (SSSR count). The van der Waals surface area contributed by atoms with Crippen molar-refractivity contribution in [2.24, 2.45) is 4.99 Å². The van der Waals surface area contributed by atoms with Gasteiger partial charge < -0.3 is 5.32 Å². The number of amidine groups is 1. The van der Waals surface area contributed by atoms with E-state index < -0.39 is 0 Å². The Kier molecular flexibility index (Phi) is 4.24. The van der Waals surface area contributed by atoms with E-state index in [1.165, 1.54) is 12.8 Å². The number of nitrogens with one attached hydrogen (secondary N) is 1. The van der Waals surface area contributed by atoms with Gasteiger partial charge in [0, 0.05) is 34.0 Å². The number of benzene rings is 1. The highest BCUT2D eigenvalue weighted by atomic mass is 35.5. The second-order valence-corrected chi connectivity index (χ2v) is 6.34. The van der Waals surface area contributed by atoms with E-state index in [-0.39, 0.29) is 0 Å². The van der Waals surface area contributed by atoms with E-state index in [1.54, 1.807) is 17.4 Å². The fourth-order valence-electron chi connectivity index (χ4n) is 2.09. The standard InChI is InChI=1S/C14H13Cl2N3S/c15-10-5-9(6-11(16)7-10)12-8-20-14(18-12)19-13-3-1-2-4-17-13/h5-8H,1-4H2,(H,17,18,19). The number of rotatable bonds is 2. The zero-order valence-corrected chi connectivity index (χ0v) is 13.0. The van der Waals surface area contributed by atoms with Crippen LogP contribution in [0.15, 0.2) is 28.6 Å². The maximum atomic E-state index is 6.02. The van der Waals surface area contributed by atoms with Crippen LogP contribution in [0.4, 0.5) is 5.13 Å². The van der Waals surface area contributed by atoms with Gasteiger partial charge in [-0.05, 0) is 31.0 Å². The Morgan fingerprint density at radius 2 is 1.90 bits per heavy atom. The monoisotopic (exact) mass is 325 g/mol. The molecule has 1 aromatic heterocycles. The number of aliphatic imine (C=N–C) groups is 1. The molecule has 1 aromatic carbocycles. The molecule has 2 aromatic rings. The molecule has 0 bridgehead atoms.